The van der Waals surface area contributed by atoms with Crippen LogP contribution < -0.4 is 19.5 Å². The van der Waals surface area contributed by atoms with Crippen LogP contribution in [0.4, 0.5) is 5.69 Å². The van der Waals surface area contributed by atoms with Crippen LogP contribution in [0.2, 0.25) is 0 Å². The zero-order valence-electron chi connectivity index (χ0n) is 13.6. The fraction of sp³-hybridized carbons (Fsp3) is 0.235. The first-order chi connectivity index (χ1) is 11.9. The van der Waals surface area contributed by atoms with Crippen LogP contribution in [0.15, 0.2) is 42.5 Å². The average Bonchev–Trinajstić information content (AvgIpc) is 2.59. The van der Waals surface area contributed by atoms with Crippen molar-refractivity contribution in [1.29, 1.82) is 0 Å². The number of amides is 1. The van der Waals surface area contributed by atoms with E-state index in [9.17, 15) is 13.2 Å². The molecule has 0 radical (unpaired) electrons. The summed E-state index contributed by atoms with van der Waals surface area (Å²) in [5.74, 6) is 0.642. The van der Waals surface area contributed by atoms with Crippen LogP contribution in [0.1, 0.15) is 15.9 Å². The van der Waals surface area contributed by atoms with Crippen molar-refractivity contribution < 1.29 is 22.7 Å². The Bertz CT molecular complexity index is 896. The third-order valence-electron chi connectivity index (χ3n) is 3.56. The molecule has 8 heteroatoms. The maximum Gasteiger partial charge on any atom is 0.255 e. The Balaban J connectivity index is 1.76. The zero-order valence-corrected chi connectivity index (χ0v) is 14.4. The van der Waals surface area contributed by atoms with Crippen molar-refractivity contribution in [2.75, 3.05) is 24.2 Å². The highest BCUT2D eigenvalue weighted by atomic mass is 32.2. The van der Waals surface area contributed by atoms with Crippen molar-refractivity contribution in [3.8, 4) is 11.5 Å². The van der Waals surface area contributed by atoms with Gasteiger partial charge in [0.1, 0.15) is 13.2 Å². The summed E-state index contributed by atoms with van der Waals surface area (Å²) in [6.07, 6.45) is 1.08. The Morgan fingerprint density at radius 1 is 1.08 bits per heavy atom. The highest BCUT2D eigenvalue weighted by Gasteiger charge is 2.20. The number of benzene rings is 2. The van der Waals surface area contributed by atoms with E-state index < -0.39 is 10.0 Å². The van der Waals surface area contributed by atoms with Gasteiger partial charge in [-0.1, -0.05) is 24.3 Å². The summed E-state index contributed by atoms with van der Waals surface area (Å²) >= 11 is 0. The minimum absolute atomic E-state index is 0.169. The summed E-state index contributed by atoms with van der Waals surface area (Å²) < 4.78 is 36.3. The SMILES string of the molecule is CS(=O)(=O)Nc1ccccc1CNC(=O)c1cccc2c1OCCO2. The third kappa shape index (κ3) is 4.21. The number of carbonyl (C=O) groups is 1. The van der Waals surface area contributed by atoms with E-state index in [0.29, 0.717) is 41.5 Å². The molecule has 2 aromatic rings. The predicted molar refractivity (Wildman–Crippen MR) is 93.5 cm³/mol. The van der Waals surface area contributed by atoms with E-state index >= 15 is 0 Å². The second kappa shape index (κ2) is 7.02. The standard InChI is InChI=1S/C17H18N2O5S/c1-25(21,22)19-14-7-3-2-5-12(14)11-18-17(20)13-6-4-8-15-16(13)24-10-9-23-15/h2-8,19H,9-11H2,1H3,(H,18,20). The van der Waals surface area contributed by atoms with Gasteiger partial charge in [-0.2, -0.15) is 0 Å². The molecular formula is C17H18N2O5S. The first-order valence-corrected chi connectivity index (χ1v) is 9.56. The number of ether oxygens (including phenoxy) is 2. The summed E-state index contributed by atoms with van der Waals surface area (Å²) in [6.45, 7) is 1.00. The quantitative estimate of drug-likeness (QED) is 0.845. The second-order valence-electron chi connectivity index (χ2n) is 5.54. The van der Waals surface area contributed by atoms with E-state index in [2.05, 4.69) is 10.0 Å². The fourth-order valence-corrected chi connectivity index (χ4v) is 3.10. The van der Waals surface area contributed by atoms with Crippen molar-refractivity contribution in [2.45, 2.75) is 6.54 Å². The van der Waals surface area contributed by atoms with Crippen molar-refractivity contribution in [3.63, 3.8) is 0 Å². The number of sulfonamides is 1. The number of rotatable bonds is 5. The maximum absolute atomic E-state index is 12.5. The Hall–Kier alpha value is -2.74. The van der Waals surface area contributed by atoms with Crippen LogP contribution in [0.3, 0.4) is 0 Å². The van der Waals surface area contributed by atoms with E-state index in [0.717, 1.165) is 6.26 Å². The van der Waals surface area contributed by atoms with Gasteiger partial charge in [-0.05, 0) is 23.8 Å². The molecule has 0 unspecified atom stereocenters. The van der Waals surface area contributed by atoms with Crippen LogP contribution in [-0.2, 0) is 16.6 Å². The molecule has 0 aromatic heterocycles. The zero-order chi connectivity index (χ0) is 17.9. The van der Waals surface area contributed by atoms with Gasteiger partial charge in [0.05, 0.1) is 17.5 Å². The molecule has 132 valence electrons. The van der Waals surface area contributed by atoms with E-state index in [1.165, 1.54) is 0 Å². The number of hydrogen-bond acceptors (Lipinski definition) is 5. The van der Waals surface area contributed by atoms with Crippen LogP contribution in [0, 0.1) is 0 Å². The summed E-state index contributed by atoms with van der Waals surface area (Å²) in [4.78, 5) is 12.5. The minimum Gasteiger partial charge on any atom is -0.486 e. The lowest BCUT2D eigenvalue weighted by Crippen LogP contribution is -2.26. The molecule has 1 heterocycles. The molecule has 0 spiro atoms. The highest BCUT2D eigenvalue weighted by Crippen LogP contribution is 2.33. The van der Waals surface area contributed by atoms with E-state index in [1.54, 1.807) is 42.5 Å². The maximum atomic E-state index is 12.5. The van der Waals surface area contributed by atoms with Gasteiger partial charge in [-0.25, -0.2) is 8.42 Å². The van der Waals surface area contributed by atoms with Gasteiger partial charge >= 0.3 is 0 Å². The molecule has 25 heavy (non-hydrogen) atoms. The van der Waals surface area contributed by atoms with Crippen LogP contribution in [0.25, 0.3) is 0 Å². The molecule has 3 rings (SSSR count). The monoisotopic (exact) mass is 362 g/mol. The second-order valence-corrected chi connectivity index (χ2v) is 7.29. The molecule has 1 amide bonds. The highest BCUT2D eigenvalue weighted by molar-refractivity contribution is 7.92. The molecule has 0 fully saturated rings. The topological polar surface area (TPSA) is 93.7 Å². The summed E-state index contributed by atoms with van der Waals surface area (Å²) in [7, 11) is -3.40. The van der Waals surface area contributed by atoms with Gasteiger partial charge in [0, 0.05) is 6.54 Å². The molecule has 2 aromatic carbocycles. The van der Waals surface area contributed by atoms with Crippen LogP contribution >= 0.6 is 0 Å². The molecule has 0 saturated carbocycles. The Labute approximate surface area is 146 Å². The number of anilines is 1. The van der Waals surface area contributed by atoms with Crippen LogP contribution in [-0.4, -0.2) is 33.8 Å². The molecule has 1 aliphatic rings. The van der Waals surface area contributed by atoms with Crippen molar-refractivity contribution in [2.24, 2.45) is 0 Å². The number of para-hydroxylation sites is 2. The van der Waals surface area contributed by atoms with Crippen molar-refractivity contribution >= 4 is 21.6 Å². The molecule has 2 N–H and O–H groups in total. The molecule has 1 aliphatic heterocycles. The number of fused-ring (bicyclic) bond motifs is 1. The summed E-state index contributed by atoms with van der Waals surface area (Å²) in [5, 5.41) is 2.78. The summed E-state index contributed by atoms with van der Waals surface area (Å²) in [5.41, 5.74) is 1.47. The van der Waals surface area contributed by atoms with Crippen molar-refractivity contribution in [3.05, 3.63) is 53.6 Å². The fourth-order valence-electron chi connectivity index (χ4n) is 2.50. The lowest BCUT2D eigenvalue weighted by atomic mass is 10.1. The third-order valence-corrected chi connectivity index (χ3v) is 4.15. The smallest absolute Gasteiger partial charge is 0.255 e. The largest absolute Gasteiger partial charge is 0.486 e. The molecule has 0 saturated heterocycles. The van der Waals surface area contributed by atoms with Gasteiger partial charge in [-0.3, -0.25) is 9.52 Å². The van der Waals surface area contributed by atoms with E-state index in [4.69, 9.17) is 9.47 Å². The van der Waals surface area contributed by atoms with Gasteiger partial charge in [0.2, 0.25) is 10.0 Å². The minimum atomic E-state index is -3.40. The van der Waals surface area contributed by atoms with Gasteiger partial charge in [0.15, 0.2) is 11.5 Å². The van der Waals surface area contributed by atoms with Gasteiger partial charge < -0.3 is 14.8 Å². The Morgan fingerprint density at radius 2 is 1.84 bits per heavy atom. The lowest BCUT2D eigenvalue weighted by Gasteiger charge is -2.20. The van der Waals surface area contributed by atoms with E-state index in [-0.39, 0.29) is 12.5 Å². The molecule has 0 bridgehead atoms. The Kier molecular flexibility index (Phi) is 4.80. The molecular weight excluding hydrogens is 344 g/mol. The number of nitrogens with one attached hydrogen (secondary N) is 2. The first kappa shape index (κ1) is 17.1. The molecule has 0 atom stereocenters. The van der Waals surface area contributed by atoms with Gasteiger partial charge in [-0.15, -0.1) is 0 Å². The predicted octanol–water partition coefficient (Wildman–Crippen LogP) is 1.76. The normalized spacial score (nSPS) is 13.2. The Morgan fingerprint density at radius 3 is 2.64 bits per heavy atom. The number of carbonyl (C=O) groups excluding carboxylic acids is 1. The molecule has 7 nitrogen and oxygen atoms in total. The van der Waals surface area contributed by atoms with Gasteiger partial charge in [0.25, 0.3) is 5.91 Å². The van der Waals surface area contributed by atoms with Crippen molar-refractivity contribution in [1.82, 2.24) is 5.32 Å². The first-order valence-electron chi connectivity index (χ1n) is 7.66. The average molecular weight is 362 g/mol. The number of hydrogen-bond donors (Lipinski definition) is 2. The summed E-state index contributed by atoms with van der Waals surface area (Å²) in [6, 6.07) is 12.0. The van der Waals surface area contributed by atoms with Crippen LogP contribution in [0.5, 0.6) is 11.5 Å². The van der Waals surface area contributed by atoms with E-state index in [1.807, 2.05) is 0 Å². The molecule has 0 aliphatic carbocycles. The lowest BCUT2D eigenvalue weighted by molar-refractivity contribution is 0.0940.